The van der Waals surface area contributed by atoms with Crippen LogP contribution in [0.3, 0.4) is 0 Å². The number of hydrogen-bond acceptors (Lipinski definition) is 4. The number of anilines is 2. The summed E-state index contributed by atoms with van der Waals surface area (Å²) in [6.07, 6.45) is 6.10. The fraction of sp³-hybridized carbons (Fsp3) is 0.375. The van der Waals surface area contributed by atoms with Crippen LogP contribution in [0.25, 0.3) is 0 Å². The van der Waals surface area contributed by atoms with Crippen molar-refractivity contribution in [1.29, 1.82) is 0 Å². The lowest BCUT2D eigenvalue weighted by molar-refractivity contribution is -0.131. The molecule has 3 N–H and O–H groups in total. The van der Waals surface area contributed by atoms with Gasteiger partial charge in [-0.15, -0.1) is 0 Å². The molecular formula is C24H29N3O4. The fourth-order valence-electron chi connectivity index (χ4n) is 3.67. The fourth-order valence-corrected chi connectivity index (χ4v) is 3.67. The molecule has 0 unspecified atom stereocenters. The Labute approximate surface area is 182 Å². The number of hydrogen-bond donors (Lipinski definition) is 3. The van der Waals surface area contributed by atoms with Crippen molar-refractivity contribution in [3.05, 3.63) is 53.6 Å². The second kappa shape index (κ2) is 10.6. The Bertz CT molecular complexity index is 934. The molecule has 3 amide bonds. The molecule has 1 saturated carbocycles. The molecule has 2 aromatic rings. The van der Waals surface area contributed by atoms with Gasteiger partial charge >= 0.3 is 12.0 Å². The van der Waals surface area contributed by atoms with Crippen molar-refractivity contribution < 1.29 is 19.1 Å². The highest BCUT2D eigenvalue weighted by molar-refractivity contribution is 6.05. The number of esters is 1. The molecule has 0 atom stereocenters. The van der Waals surface area contributed by atoms with E-state index in [2.05, 4.69) is 16.0 Å². The van der Waals surface area contributed by atoms with Crippen molar-refractivity contribution >= 4 is 29.3 Å². The second-order valence-corrected chi connectivity index (χ2v) is 7.94. The highest BCUT2D eigenvalue weighted by Crippen LogP contribution is 2.24. The molecule has 0 heterocycles. The normalized spacial score (nSPS) is 13.9. The number of rotatable bonds is 6. The van der Waals surface area contributed by atoms with Crippen molar-refractivity contribution in [2.45, 2.75) is 46.0 Å². The minimum absolute atomic E-state index is 0.243. The Balaban J connectivity index is 1.57. The second-order valence-electron chi connectivity index (χ2n) is 7.94. The maximum atomic E-state index is 12.6. The molecule has 1 fully saturated rings. The number of nitrogens with one attached hydrogen (secondary N) is 3. The van der Waals surface area contributed by atoms with Gasteiger partial charge in [0, 0.05) is 30.4 Å². The molecule has 0 aromatic heterocycles. The predicted octanol–water partition coefficient (Wildman–Crippen LogP) is 4.87. The molecule has 0 spiro atoms. The van der Waals surface area contributed by atoms with Crippen molar-refractivity contribution in [3.8, 4) is 5.75 Å². The smallest absolute Gasteiger partial charge is 0.319 e. The van der Waals surface area contributed by atoms with Crippen LogP contribution in [-0.4, -0.2) is 24.5 Å². The van der Waals surface area contributed by atoms with Crippen LogP contribution in [0.2, 0.25) is 0 Å². The van der Waals surface area contributed by atoms with Gasteiger partial charge in [0.2, 0.25) is 0 Å². The molecule has 1 aliphatic carbocycles. The maximum absolute atomic E-state index is 12.6. The van der Waals surface area contributed by atoms with Gasteiger partial charge in [0.1, 0.15) is 5.75 Å². The Morgan fingerprint density at radius 1 is 0.968 bits per heavy atom. The van der Waals surface area contributed by atoms with E-state index >= 15 is 0 Å². The first-order chi connectivity index (χ1) is 14.9. The van der Waals surface area contributed by atoms with Crippen LogP contribution in [0, 0.1) is 12.8 Å². The number of aryl methyl sites for hydroxylation is 1. The summed E-state index contributed by atoms with van der Waals surface area (Å²) in [6, 6.07) is 11.5. The van der Waals surface area contributed by atoms with Crippen LogP contribution in [-0.2, 0) is 4.79 Å². The summed E-state index contributed by atoms with van der Waals surface area (Å²) < 4.78 is 4.98. The Kier molecular flexibility index (Phi) is 7.65. The molecule has 0 radical (unpaired) electrons. The highest BCUT2D eigenvalue weighted by atomic mass is 16.5. The lowest BCUT2D eigenvalue weighted by atomic mass is 9.89. The molecular weight excluding hydrogens is 394 g/mol. The van der Waals surface area contributed by atoms with Gasteiger partial charge in [-0.1, -0.05) is 25.3 Å². The zero-order valence-corrected chi connectivity index (χ0v) is 18.0. The standard InChI is InChI=1S/C24H29N3O4/c1-16-8-11-20(26-24(30)25-15-18-6-4-3-5-7-18)14-22(16)27-23(29)19-9-12-21(13-10-19)31-17(2)28/h8-14,18H,3-7,15H2,1-2H3,(H,27,29)(H2,25,26,30). The van der Waals surface area contributed by atoms with Crippen molar-refractivity contribution in [3.63, 3.8) is 0 Å². The van der Waals surface area contributed by atoms with E-state index in [0.29, 0.717) is 35.2 Å². The van der Waals surface area contributed by atoms with Gasteiger partial charge in [-0.05, 0) is 67.6 Å². The SMILES string of the molecule is CC(=O)Oc1ccc(C(=O)Nc2cc(NC(=O)NCC3CCCCC3)ccc2C)cc1. The summed E-state index contributed by atoms with van der Waals surface area (Å²) in [5, 5.41) is 8.65. The third-order valence-corrected chi connectivity index (χ3v) is 5.40. The lowest BCUT2D eigenvalue weighted by Crippen LogP contribution is -2.33. The zero-order chi connectivity index (χ0) is 22.2. The first-order valence-corrected chi connectivity index (χ1v) is 10.7. The van der Waals surface area contributed by atoms with Gasteiger partial charge < -0.3 is 20.7 Å². The van der Waals surface area contributed by atoms with E-state index in [9.17, 15) is 14.4 Å². The number of carbonyl (C=O) groups excluding carboxylic acids is 3. The van der Waals surface area contributed by atoms with Gasteiger partial charge in [-0.3, -0.25) is 9.59 Å². The molecule has 164 valence electrons. The van der Waals surface area contributed by atoms with Crippen LogP contribution >= 0.6 is 0 Å². The average molecular weight is 424 g/mol. The van der Waals surface area contributed by atoms with Crippen molar-refractivity contribution in [2.24, 2.45) is 5.92 Å². The van der Waals surface area contributed by atoms with Crippen LogP contribution in [0.4, 0.5) is 16.2 Å². The molecule has 31 heavy (non-hydrogen) atoms. The minimum atomic E-state index is -0.417. The van der Waals surface area contributed by atoms with E-state index in [0.717, 1.165) is 5.56 Å². The summed E-state index contributed by atoms with van der Waals surface area (Å²) in [4.78, 5) is 35.9. The van der Waals surface area contributed by atoms with Crippen LogP contribution in [0.1, 0.15) is 54.9 Å². The lowest BCUT2D eigenvalue weighted by Gasteiger charge is -2.21. The van der Waals surface area contributed by atoms with Gasteiger partial charge in [0.05, 0.1) is 0 Å². The van der Waals surface area contributed by atoms with Gasteiger partial charge in [0.15, 0.2) is 0 Å². The Morgan fingerprint density at radius 2 is 1.68 bits per heavy atom. The Hall–Kier alpha value is -3.35. The molecule has 0 saturated heterocycles. The quantitative estimate of drug-likeness (QED) is 0.456. The van der Waals surface area contributed by atoms with Crippen molar-refractivity contribution in [1.82, 2.24) is 5.32 Å². The van der Waals surface area contributed by atoms with E-state index in [1.807, 2.05) is 13.0 Å². The topological polar surface area (TPSA) is 96.5 Å². The van der Waals surface area contributed by atoms with E-state index in [-0.39, 0.29) is 11.9 Å². The highest BCUT2D eigenvalue weighted by Gasteiger charge is 2.15. The van der Waals surface area contributed by atoms with E-state index < -0.39 is 5.97 Å². The number of urea groups is 1. The number of benzene rings is 2. The molecule has 1 aliphatic rings. The molecule has 3 rings (SSSR count). The van der Waals surface area contributed by atoms with Crippen LogP contribution < -0.4 is 20.7 Å². The summed E-state index contributed by atoms with van der Waals surface area (Å²) in [5.41, 5.74) is 2.52. The van der Waals surface area contributed by atoms with E-state index in [1.165, 1.54) is 39.0 Å². The molecule has 7 heteroatoms. The van der Waals surface area contributed by atoms with Gasteiger partial charge in [-0.25, -0.2) is 4.79 Å². The zero-order valence-electron chi connectivity index (χ0n) is 18.0. The third-order valence-electron chi connectivity index (χ3n) is 5.40. The van der Waals surface area contributed by atoms with Crippen LogP contribution in [0.15, 0.2) is 42.5 Å². The van der Waals surface area contributed by atoms with Gasteiger partial charge in [-0.2, -0.15) is 0 Å². The monoisotopic (exact) mass is 423 g/mol. The molecule has 0 bridgehead atoms. The predicted molar refractivity (Wildman–Crippen MR) is 120 cm³/mol. The summed E-state index contributed by atoms with van der Waals surface area (Å²) >= 11 is 0. The molecule has 7 nitrogen and oxygen atoms in total. The number of amides is 3. The molecule has 0 aliphatic heterocycles. The largest absolute Gasteiger partial charge is 0.427 e. The van der Waals surface area contributed by atoms with Crippen LogP contribution in [0.5, 0.6) is 5.75 Å². The summed E-state index contributed by atoms with van der Waals surface area (Å²) in [6.45, 7) is 3.89. The molecule has 2 aromatic carbocycles. The minimum Gasteiger partial charge on any atom is -0.427 e. The number of carbonyl (C=O) groups is 3. The summed E-state index contributed by atoms with van der Waals surface area (Å²) in [5.74, 6) is 0.224. The first-order valence-electron chi connectivity index (χ1n) is 10.7. The Morgan fingerprint density at radius 3 is 2.35 bits per heavy atom. The maximum Gasteiger partial charge on any atom is 0.319 e. The van der Waals surface area contributed by atoms with Gasteiger partial charge in [0.25, 0.3) is 5.91 Å². The number of ether oxygens (including phenoxy) is 1. The third kappa shape index (κ3) is 6.84. The first kappa shape index (κ1) is 22.3. The summed E-state index contributed by atoms with van der Waals surface area (Å²) in [7, 11) is 0. The van der Waals surface area contributed by atoms with Crippen molar-refractivity contribution in [2.75, 3.05) is 17.2 Å². The van der Waals surface area contributed by atoms with E-state index in [1.54, 1.807) is 36.4 Å². The van der Waals surface area contributed by atoms with E-state index in [4.69, 9.17) is 4.74 Å². The average Bonchev–Trinajstić information content (AvgIpc) is 2.75.